The normalized spacial score (nSPS) is 12.4. The Kier molecular flexibility index (Phi) is 12.0. The number of carbonyl (C=O) groups excluding carboxylic acids is 2. The van der Waals surface area contributed by atoms with Crippen molar-refractivity contribution in [3.63, 3.8) is 0 Å². The Morgan fingerprint density at radius 3 is 2.29 bits per heavy atom. The summed E-state index contributed by atoms with van der Waals surface area (Å²) in [5.74, 6) is -0.891. The first-order chi connectivity index (χ1) is 21.6. The van der Waals surface area contributed by atoms with Crippen LogP contribution in [0.1, 0.15) is 52.1 Å². The van der Waals surface area contributed by atoms with E-state index in [2.05, 4.69) is 75.7 Å². The van der Waals surface area contributed by atoms with Crippen LogP contribution in [0.4, 0.5) is 5.69 Å². The number of fused-ring (bicyclic) bond motifs is 1. The first-order valence-electron chi connectivity index (χ1n) is 15.0. The van der Waals surface area contributed by atoms with Crippen LogP contribution < -0.4 is 22.5 Å². The molecule has 0 aliphatic heterocycles. The van der Waals surface area contributed by atoms with Gasteiger partial charge < -0.3 is 27.4 Å². The third kappa shape index (κ3) is 9.55. The van der Waals surface area contributed by atoms with Gasteiger partial charge in [0.1, 0.15) is 16.7 Å². The molecule has 0 radical (unpaired) electrons. The predicted octanol–water partition coefficient (Wildman–Crippen LogP) is 4.11. The highest BCUT2D eigenvalue weighted by molar-refractivity contribution is 6.29. The zero-order chi connectivity index (χ0) is 32.3. The van der Waals surface area contributed by atoms with Crippen LogP contribution in [0.2, 0.25) is 5.15 Å². The maximum Gasteiger partial charge on any atom is 0.269 e. The topological polar surface area (TPSA) is 166 Å². The van der Waals surface area contributed by atoms with Gasteiger partial charge in [-0.05, 0) is 98.8 Å². The molecule has 2 amide bonds. The molecule has 1 heterocycles. The summed E-state index contributed by atoms with van der Waals surface area (Å²) in [5, 5.41) is 5.24. The van der Waals surface area contributed by atoms with Crippen LogP contribution in [-0.2, 0) is 24.1 Å². The third-order valence-corrected chi connectivity index (χ3v) is 7.71. The maximum atomic E-state index is 13.0. The van der Waals surface area contributed by atoms with Gasteiger partial charge >= 0.3 is 0 Å². The van der Waals surface area contributed by atoms with Gasteiger partial charge in [0.15, 0.2) is 5.69 Å². The van der Waals surface area contributed by atoms with Crippen LogP contribution in [0, 0.1) is 0 Å². The van der Waals surface area contributed by atoms with Crippen LogP contribution in [0.3, 0.4) is 0 Å². The first kappa shape index (κ1) is 33.5. The minimum Gasteiger partial charge on any atom is -0.382 e. The number of hydrogen-bond donors (Lipinski definition) is 4. The Morgan fingerprint density at radius 1 is 0.911 bits per heavy atom. The number of halogens is 1. The van der Waals surface area contributed by atoms with Crippen LogP contribution in [0.5, 0.6) is 0 Å². The Bertz CT molecular complexity index is 1660. The summed E-state index contributed by atoms with van der Waals surface area (Å²) in [7, 11) is 4.14. The van der Waals surface area contributed by atoms with Gasteiger partial charge in [0, 0.05) is 12.2 Å². The average Bonchev–Trinajstić information content (AvgIpc) is 3.02. The van der Waals surface area contributed by atoms with Crippen LogP contribution in [-0.4, -0.2) is 65.7 Å². The first-order valence-corrected chi connectivity index (χ1v) is 15.4. The second kappa shape index (κ2) is 16.1. The van der Waals surface area contributed by atoms with E-state index in [1.54, 1.807) is 0 Å². The molecular formula is C34H41ClN8O2. The summed E-state index contributed by atoms with van der Waals surface area (Å²) in [4.78, 5) is 39.2. The summed E-state index contributed by atoms with van der Waals surface area (Å²) in [6.07, 6.45) is 6.27. The Balaban J connectivity index is 1.33. The van der Waals surface area contributed by atoms with E-state index >= 15 is 0 Å². The zero-order valence-electron chi connectivity index (χ0n) is 25.8. The monoisotopic (exact) mass is 628 g/mol. The van der Waals surface area contributed by atoms with E-state index in [-0.39, 0.29) is 28.3 Å². The highest BCUT2D eigenvalue weighted by Gasteiger charge is 2.17. The molecule has 0 spiro atoms. The highest BCUT2D eigenvalue weighted by Crippen LogP contribution is 2.25. The van der Waals surface area contributed by atoms with Crippen LogP contribution in [0.15, 0.2) is 71.9 Å². The third-order valence-electron chi connectivity index (χ3n) is 7.53. The van der Waals surface area contributed by atoms with E-state index in [4.69, 9.17) is 28.8 Å². The van der Waals surface area contributed by atoms with Crippen molar-refractivity contribution >= 4 is 45.7 Å². The standard InChI is InChI=1S/C34H41ClN8O2/c1-43(2)19-7-8-22-12-16-25(17-13-22)41-34(45)28(36)20-24-15-14-23(26-10-3-4-11-27(24)26)9-5-6-18-39-32(37)30-31(33(38)44)42-29(35)21-40-30/h3-4,10-17,21,28H,5-9,18-20,36H2,1-2H3,(H2,37,39)(H2,38,44)(H,41,45). The van der Waals surface area contributed by atoms with E-state index in [9.17, 15) is 9.59 Å². The SMILES string of the molecule is CN(C)CCCc1ccc(NC(=O)C(N)Cc2ccc(CCCCN=C(N)c3ncc(Cl)nc3C(N)=O)c3ccccc23)cc1. The molecule has 10 nitrogen and oxygen atoms in total. The molecule has 1 unspecified atom stereocenters. The van der Waals surface area contributed by atoms with Crippen molar-refractivity contribution in [3.8, 4) is 0 Å². The van der Waals surface area contributed by atoms with Gasteiger partial charge in [-0.3, -0.25) is 14.6 Å². The Hall–Kier alpha value is -4.38. The molecule has 0 saturated heterocycles. The summed E-state index contributed by atoms with van der Waals surface area (Å²) in [5.41, 5.74) is 22.1. The number of nitrogens with zero attached hydrogens (tertiary/aromatic N) is 4. The zero-order valence-corrected chi connectivity index (χ0v) is 26.6. The van der Waals surface area contributed by atoms with Crippen molar-refractivity contribution in [2.75, 3.05) is 32.5 Å². The van der Waals surface area contributed by atoms with E-state index in [1.807, 2.05) is 24.3 Å². The molecule has 0 aliphatic rings. The molecule has 1 atom stereocenters. The predicted molar refractivity (Wildman–Crippen MR) is 182 cm³/mol. The number of benzene rings is 3. The minimum absolute atomic E-state index is 0.0520. The van der Waals surface area contributed by atoms with Gasteiger partial charge in [-0.25, -0.2) is 9.97 Å². The molecule has 3 aromatic carbocycles. The quantitative estimate of drug-likeness (QED) is 0.0873. The lowest BCUT2D eigenvalue weighted by Gasteiger charge is -2.16. The number of rotatable bonds is 15. The summed E-state index contributed by atoms with van der Waals surface area (Å²) < 4.78 is 0. The average molecular weight is 629 g/mol. The van der Waals surface area contributed by atoms with Gasteiger partial charge in [-0.2, -0.15) is 0 Å². The second-order valence-corrected chi connectivity index (χ2v) is 11.7. The fourth-order valence-corrected chi connectivity index (χ4v) is 5.30. The summed E-state index contributed by atoms with van der Waals surface area (Å²) in [6, 6.07) is 19.6. The largest absolute Gasteiger partial charge is 0.382 e. The van der Waals surface area contributed by atoms with Gasteiger partial charge in [-0.15, -0.1) is 0 Å². The molecule has 0 saturated carbocycles. The molecule has 0 fully saturated rings. The number of primary amides is 1. The van der Waals surface area contributed by atoms with Crippen molar-refractivity contribution in [3.05, 3.63) is 100 Å². The van der Waals surface area contributed by atoms with Crippen LogP contribution in [0.25, 0.3) is 10.8 Å². The van der Waals surface area contributed by atoms with Crippen molar-refractivity contribution in [2.24, 2.45) is 22.2 Å². The lowest BCUT2D eigenvalue weighted by Crippen LogP contribution is -2.37. The number of amides is 2. The lowest BCUT2D eigenvalue weighted by molar-refractivity contribution is -0.117. The molecule has 11 heteroatoms. The number of hydrogen-bond acceptors (Lipinski definition) is 7. The summed E-state index contributed by atoms with van der Waals surface area (Å²) in [6.45, 7) is 1.49. The van der Waals surface area contributed by atoms with Crippen molar-refractivity contribution < 1.29 is 9.59 Å². The smallest absolute Gasteiger partial charge is 0.269 e. The Labute approximate surface area is 269 Å². The Morgan fingerprint density at radius 2 is 1.60 bits per heavy atom. The molecule has 45 heavy (non-hydrogen) atoms. The minimum atomic E-state index is -0.772. The van der Waals surface area contributed by atoms with Crippen molar-refractivity contribution in [1.82, 2.24) is 14.9 Å². The molecule has 0 aliphatic carbocycles. The van der Waals surface area contributed by atoms with E-state index in [0.717, 1.165) is 60.7 Å². The van der Waals surface area contributed by atoms with Gasteiger partial charge in [-0.1, -0.05) is 60.1 Å². The van der Waals surface area contributed by atoms with Crippen LogP contribution >= 0.6 is 11.6 Å². The molecule has 7 N–H and O–H groups in total. The maximum absolute atomic E-state index is 13.0. The highest BCUT2D eigenvalue weighted by atomic mass is 35.5. The fourth-order valence-electron chi connectivity index (χ4n) is 5.17. The van der Waals surface area contributed by atoms with E-state index in [1.165, 1.54) is 17.3 Å². The molecule has 0 bridgehead atoms. The van der Waals surface area contributed by atoms with Crippen molar-refractivity contribution in [1.29, 1.82) is 0 Å². The molecule has 236 valence electrons. The fraction of sp³-hybridized carbons (Fsp3) is 0.324. The van der Waals surface area contributed by atoms with Gasteiger partial charge in [0.2, 0.25) is 5.91 Å². The number of anilines is 1. The number of nitrogens with one attached hydrogen (secondary N) is 1. The molecule has 4 aromatic rings. The number of aryl methyl sites for hydroxylation is 2. The molecule has 4 rings (SSSR count). The lowest BCUT2D eigenvalue weighted by atomic mass is 9.93. The number of aliphatic imine (C=N–C) groups is 1. The van der Waals surface area contributed by atoms with E-state index < -0.39 is 11.9 Å². The number of nitrogens with two attached hydrogens (primary N) is 3. The van der Waals surface area contributed by atoms with Crippen molar-refractivity contribution in [2.45, 2.75) is 44.6 Å². The molecular weight excluding hydrogens is 588 g/mol. The van der Waals surface area contributed by atoms with Gasteiger partial charge in [0.05, 0.1) is 12.2 Å². The number of carbonyl (C=O) groups is 2. The molecule has 1 aromatic heterocycles. The second-order valence-electron chi connectivity index (χ2n) is 11.3. The number of amidine groups is 1. The summed E-state index contributed by atoms with van der Waals surface area (Å²) >= 11 is 5.82. The number of unbranched alkanes of at least 4 members (excludes halogenated alkanes) is 1. The van der Waals surface area contributed by atoms with E-state index in [0.29, 0.717) is 13.0 Å². The van der Waals surface area contributed by atoms with Gasteiger partial charge in [0.25, 0.3) is 5.91 Å². The number of aromatic nitrogens is 2.